The molecule has 0 atom stereocenters. The van der Waals surface area contributed by atoms with E-state index in [2.05, 4.69) is 10.3 Å². The molecule has 92 valence electrons. The molecular formula is C14H21N3. The molecule has 0 radical (unpaired) electrons. The Kier molecular flexibility index (Phi) is 2.69. The SMILES string of the molecule is Cc1ccnc(NCC(C2CC2)C2CC2)c1N. The topological polar surface area (TPSA) is 50.9 Å². The molecular weight excluding hydrogens is 210 g/mol. The highest BCUT2D eigenvalue weighted by Crippen LogP contribution is 2.49. The van der Waals surface area contributed by atoms with Gasteiger partial charge in [0.1, 0.15) is 5.82 Å². The van der Waals surface area contributed by atoms with Crippen LogP contribution in [0.1, 0.15) is 31.2 Å². The minimum Gasteiger partial charge on any atom is -0.396 e. The second kappa shape index (κ2) is 4.21. The number of rotatable bonds is 5. The summed E-state index contributed by atoms with van der Waals surface area (Å²) in [4.78, 5) is 4.33. The van der Waals surface area contributed by atoms with Crippen LogP contribution in [-0.2, 0) is 0 Å². The predicted octanol–water partition coefficient (Wildman–Crippen LogP) is 2.82. The normalized spacial score (nSPS) is 19.6. The Hall–Kier alpha value is -1.25. The van der Waals surface area contributed by atoms with Gasteiger partial charge in [-0.05, 0) is 62.0 Å². The third-order valence-corrected chi connectivity index (χ3v) is 4.17. The summed E-state index contributed by atoms with van der Waals surface area (Å²) < 4.78 is 0. The van der Waals surface area contributed by atoms with Gasteiger partial charge in [0.25, 0.3) is 0 Å². The van der Waals surface area contributed by atoms with E-state index in [1.807, 2.05) is 19.2 Å². The van der Waals surface area contributed by atoms with Gasteiger partial charge in [0.05, 0.1) is 5.69 Å². The molecule has 0 saturated heterocycles. The molecule has 1 aromatic heterocycles. The maximum Gasteiger partial charge on any atom is 0.149 e. The number of anilines is 2. The smallest absolute Gasteiger partial charge is 0.149 e. The van der Waals surface area contributed by atoms with E-state index in [1.165, 1.54) is 25.7 Å². The van der Waals surface area contributed by atoms with Crippen LogP contribution in [0.25, 0.3) is 0 Å². The summed E-state index contributed by atoms with van der Waals surface area (Å²) >= 11 is 0. The Labute approximate surface area is 103 Å². The number of nitrogens with zero attached hydrogens (tertiary/aromatic N) is 1. The van der Waals surface area contributed by atoms with E-state index in [-0.39, 0.29) is 0 Å². The van der Waals surface area contributed by atoms with Gasteiger partial charge in [-0.3, -0.25) is 0 Å². The fourth-order valence-corrected chi connectivity index (χ4v) is 2.69. The van der Waals surface area contributed by atoms with E-state index in [1.54, 1.807) is 0 Å². The number of nitrogens with one attached hydrogen (secondary N) is 1. The summed E-state index contributed by atoms with van der Waals surface area (Å²) in [6.45, 7) is 3.08. The molecule has 0 unspecified atom stereocenters. The van der Waals surface area contributed by atoms with Crippen molar-refractivity contribution in [2.75, 3.05) is 17.6 Å². The summed E-state index contributed by atoms with van der Waals surface area (Å²) in [5.74, 6) is 3.68. The highest BCUT2D eigenvalue weighted by atomic mass is 15.0. The van der Waals surface area contributed by atoms with E-state index < -0.39 is 0 Å². The van der Waals surface area contributed by atoms with Crippen LogP contribution in [-0.4, -0.2) is 11.5 Å². The first-order chi connectivity index (χ1) is 8.25. The molecule has 17 heavy (non-hydrogen) atoms. The fourth-order valence-electron chi connectivity index (χ4n) is 2.69. The number of hydrogen-bond donors (Lipinski definition) is 2. The minimum atomic E-state index is 0.804. The number of pyridine rings is 1. The van der Waals surface area contributed by atoms with Crippen molar-refractivity contribution in [3.63, 3.8) is 0 Å². The summed E-state index contributed by atoms with van der Waals surface area (Å²) in [6.07, 6.45) is 7.55. The standard InChI is InChI=1S/C14H21N3/c1-9-6-7-16-14(13(9)15)17-8-12(10-2-3-10)11-4-5-11/h6-7,10-12H,2-5,8,15H2,1H3,(H,16,17). The van der Waals surface area contributed by atoms with Gasteiger partial charge in [-0.25, -0.2) is 4.98 Å². The van der Waals surface area contributed by atoms with Crippen LogP contribution in [0.5, 0.6) is 0 Å². The van der Waals surface area contributed by atoms with Crippen molar-refractivity contribution < 1.29 is 0 Å². The summed E-state index contributed by atoms with van der Waals surface area (Å²) in [5.41, 5.74) is 7.94. The molecule has 0 spiro atoms. The van der Waals surface area contributed by atoms with Crippen molar-refractivity contribution in [3.05, 3.63) is 17.8 Å². The quantitative estimate of drug-likeness (QED) is 0.819. The van der Waals surface area contributed by atoms with Crippen LogP contribution >= 0.6 is 0 Å². The van der Waals surface area contributed by atoms with E-state index in [0.717, 1.165) is 41.4 Å². The van der Waals surface area contributed by atoms with Gasteiger partial charge in [-0.2, -0.15) is 0 Å². The van der Waals surface area contributed by atoms with Gasteiger partial charge < -0.3 is 11.1 Å². The summed E-state index contributed by atoms with van der Waals surface area (Å²) in [5, 5.41) is 3.46. The predicted molar refractivity (Wildman–Crippen MR) is 70.8 cm³/mol. The van der Waals surface area contributed by atoms with Gasteiger partial charge in [0.15, 0.2) is 0 Å². The van der Waals surface area contributed by atoms with Gasteiger partial charge in [-0.1, -0.05) is 0 Å². The first-order valence-electron chi connectivity index (χ1n) is 6.70. The fraction of sp³-hybridized carbons (Fsp3) is 0.643. The molecule has 2 aliphatic carbocycles. The average Bonchev–Trinajstić information content (AvgIpc) is 3.14. The molecule has 0 aliphatic heterocycles. The van der Waals surface area contributed by atoms with Crippen molar-refractivity contribution in [2.45, 2.75) is 32.6 Å². The lowest BCUT2D eigenvalue weighted by molar-refractivity contribution is 0.428. The summed E-state index contributed by atoms with van der Waals surface area (Å²) in [7, 11) is 0. The Bertz CT molecular complexity index is 396. The maximum atomic E-state index is 6.03. The summed E-state index contributed by atoms with van der Waals surface area (Å²) in [6, 6.07) is 1.96. The third-order valence-electron chi connectivity index (χ3n) is 4.17. The zero-order valence-corrected chi connectivity index (χ0v) is 10.4. The molecule has 3 N–H and O–H groups in total. The number of nitrogen functional groups attached to an aromatic ring is 1. The van der Waals surface area contributed by atoms with Crippen LogP contribution < -0.4 is 11.1 Å². The zero-order chi connectivity index (χ0) is 11.8. The van der Waals surface area contributed by atoms with Crippen molar-refractivity contribution >= 4 is 11.5 Å². The minimum absolute atomic E-state index is 0.804. The molecule has 1 heterocycles. The Morgan fingerprint density at radius 3 is 2.59 bits per heavy atom. The van der Waals surface area contributed by atoms with E-state index in [4.69, 9.17) is 5.73 Å². The lowest BCUT2D eigenvalue weighted by atomic mass is 9.98. The lowest BCUT2D eigenvalue weighted by Gasteiger charge is -2.17. The monoisotopic (exact) mass is 231 g/mol. The number of nitrogens with two attached hydrogens (primary N) is 1. The third kappa shape index (κ3) is 2.38. The van der Waals surface area contributed by atoms with Crippen molar-refractivity contribution in [3.8, 4) is 0 Å². The largest absolute Gasteiger partial charge is 0.396 e. The molecule has 0 amide bonds. The molecule has 3 heteroatoms. The van der Waals surface area contributed by atoms with Gasteiger partial charge >= 0.3 is 0 Å². The van der Waals surface area contributed by atoms with Crippen molar-refractivity contribution in [1.82, 2.24) is 4.98 Å². The Balaban J connectivity index is 1.64. The number of aryl methyl sites for hydroxylation is 1. The average molecular weight is 231 g/mol. The second-order valence-corrected chi connectivity index (χ2v) is 5.61. The second-order valence-electron chi connectivity index (χ2n) is 5.61. The van der Waals surface area contributed by atoms with Crippen molar-refractivity contribution in [1.29, 1.82) is 0 Å². The highest BCUT2D eigenvalue weighted by Gasteiger charge is 2.41. The molecule has 2 aliphatic rings. The lowest BCUT2D eigenvalue weighted by Crippen LogP contribution is -2.19. The molecule has 0 aromatic carbocycles. The number of hydrogen-bond acceptors (Lipinski definition) is 3. The molecule has 2 fully saturated rings. The molecule has 0 bridgehead atoms. The van der Waals surface area contributed by atoms with Crippen LogP contribution in [0, 0.1) is 24.7 Å². The van der Waals surface area contributed by atoms with Crippen molar-refractivity contribution in [2.24, 2.45) is 17.8 Å². The Morgan fingerprint density at radius 1 is 1.35 bits per heavy atom. The zero-order valence-electron chi connectivity index (χ0n) is 10.4. The van der Waals surface area contributed by atoms with Gasteiger partial charge in [-0.15, -0.1) is 0 Å². The van der Waals surface area contributed by atoms with E-state index in [9.17, 15) is 0 Å². The van der Waals surface area contributed by atoms with Crippen LogP contribution in [0.4, 0.5) is 11.5 Å². The van der Waals surface area contributed by atoms with Crippen LogP contribution in [0.2, 0.25) is 0 Å². The van der Waals surface area contributed by atoms with E-state index in [0.29, 0.717) is 0 Å². The molecule has 1 aromatic rings. The van der Waals surface area contributed by atoms with Crippen LogP contribution in [0.3, 0.4) is 0 Å². The Morgan fingerprint density at radius 2 is 2.00 bits per heavy atom. The first-order valence-corrected chi connectivity index (χ1v) is 6.70. The van der Waals surface area contributed by atoms with E-state index >= 15 is 0 Å². The molecule has 3 nitrogen and oxygen atoms in total. The number of aromatic nitrogens is 1. The van der Waals surface area contributed by atoms with Gasteiger partial charge in [0.2, 0.25) is 0 Å². The molecule has 3 rings (SSSR count). The maximum absolute atomic E-state index is 6.03. The molecule has 2 saturated carbocycles. The van der Waals surface area contributed by atoms with Gasteiger partial charge in [0, 0.05) is 12.7 Å². The highest BCUT2D eigenvalue weighted by molar-refractivity contribution is 5.64. The first kappa shape index (κ1) is 10.9. The van der Waals surface area contributed by atoms with Crippen LogP contribution in [0.15, 0.2) is 12.3 Å².